The summed E-state index contributed by atoms with van der Waals surface area (Å²) in [6.07, 6.45) is 0.196. The summed E-state index contributed by atoms with van der Waals surface area (Å²) in [5.41, 5.74) is 0.193. The van der Waals surface area contributed by atoms with Gasteiger partial charge in [0.2, 0.25) is 5.91 Å². The molecular weight excluding hydrogens is 253 g/mol. The SMILES string of the molecule is CCNC(=O)CCNc1cc(C)c(F)cc1[N+](=O)[O-]. The van der Waals surface area contributed by atoms with Gasteiger partial charge >= 0.3 is 0 Å². The summed E-state index contributed by atoms with van der Waals surface area (Å²) in [6, 6.07) is 2.25. The van der Waals surface area contributed by atoms with E-state index in [0.717, 1.165) is 6.07 Å². The molecule has 0 radical (unpaired) electrons. The molecule has 0 heterocycles. The lowest BCUT2D eigenvalue weighted by Crippen LogP contribution is -2.24. The monoisotopic (exact) mass is 269 g/mol. The smallest absolute Gasteiger partial charge is 0.295 e. The van der Waals surface area contributed by atoms with Crippen LogP contribution in [0.5, 0.6) is 0 Å². The highest BCUT2D eigenvalue weighted by molar-refractivity contribution is 5.76. The first-order chi connectivity index (χ1) is 8.95. The minimum absolute atomic E-state index is 0.142. The molecule has 0 unspecified atom stereocenters. The molecule has 0 bridgehead atoms. The van der Waals surface area contributed by atoms with Crippen LogP contribution in [0, 0.1) is 22.9 Å². The second-order valence-electron chi connectivity index (χ2n) is 4.01. The Labute approximate surface area is 110 Å². The van der Waals surface area contributed by atoms with Gasteiger partial charge < -0.3 is 10.6 Å². The molecule has 104 valence electrons. The van der Waals surface area contributed by atoms with Gasteiger partial charge in [-0.3, -0.25) is 14.9 Å². The van der Waals surface area contributed by atoms with Gasteiger partial charge in [0.05, 0.1) is 11.0 Å². The van der Waals surface area contributed by atoms with Gasteiger partial charge in [-0.2, -0.15) is 0 Å². The van der Waals surface area contributed by atoms with Crippen LogP contribution in [-0.4, -0.2) is 23.9 Å². The molecule has 7 heteroatoms. The summed E-state index contributed by atoms with van der Waals surface area (Å²) in [5, 5.41) is 16.2. The Morgan fingerprint density at radius 2 is 2.16 bits per heavy atom. The average molecular weight is 269 g/mol. The van der Waals surface area contributed by atoms with E-state index in [0.29, 0.717) is 12.1 Å². The number of anilines is 1. The Hall–Kier alpha value is -2.18. The van der Waals surface area contributed by atoms with Crippen LogP contribution in [0.3, 0.4) is 0 Å². The average Bonchev–Trinajstić information content (AvgIpc) is 2.33. The number of rotatable bonds is 6. The number of hydrogen-bond acceptors (Lipinski definition) is 4. The van der Waals surface area contributed by atoms with Gasteiger partial charge in [-0.1, -0.05) is 0 Å². The van der Waals surface area contributed by atoms with E-state index in [1.807, 2.05) is 0 Å². The number of aryl methyl sites for hydroxylation is 1. The van der Waals surface area contributed by atoms with Crippen LogP contribution < -0.4 is 10.6 Å². The van der Waals surface area contributed by atoms with Gasteiger partial charge in [0.1, 0.15) is 11.5 Å². The zero-order valence-corrected chi connectivity index (χ0v) is 10.8. The van der Waals surface area contributed by atoms with Crippen LogP contribution in [0.15, 0.2) is 12.1 Å². The lowest BCUT2D eigenvalue weighted by molar-refractivity contribution is -0.384. The Bertz CT molecular complexity index is 491. The number of hydrogen-bond donors (Lipinski definition) is 2. The van der Waals surface area contributed by atoms with Gasteiger partial charge in [0.25, 0.3) is 5.69 Å². The molecule has 1 amide bonds. The third kappa shape index (κ3) is 4.20. The number of halogens is 1. The zero-order chi connectivity index (χ0) is 14.4. The summed E-state index contributed by atoms with van der Waals surface area (Å²) in [5.74, 6) is -0.766. The van der Waals surface area contributed by atoms with Gasteiger partial charge in [0, 0.05) is 19.5 Å². The molecule has 1 aromatic rings. The van der Waals surface area contributed by atoms with Gasteiger partial charge in [-0.15, -0.1) is 0 Å². The maximum absolute atomic E-state index is 13.3. The molecular formula is C12H16FN3O3. The van der Waals surface area contributed by atoms with Crippen LogP contribution in [0.4, 0.5) is 15.8 Å². The third-order valence-corrected chi connectivity index (χ3v) is 2.52. The van der Waals surface area contributed by atoms with Crippen molar-refractivity contribution < 1.29 is 14.1 Å². The van der Waals surface area contributed by atoms with Gasteiger partial charge in [-0.05, 0) is 25.5 Å². The Kier molecular flexibility index (Phi) is 5.23. The maximum Gasteiger partial charge on any atom is 0.295 e. The first-order valence-electron chi connectivity index (χ1n) is 5.90. The molecule has 0 fully saturated rings. The minimum Gasteiger partial charge on any atom is -0.379 e. The molecule has 1 rings (SSSR count). The van der Waals surface area contributed by atoms with Crippen LogP contribution in [0.1, 0.15) is 18.9 Å². The molecule has 0 aliphatic heterocycles. The molecule has 2 N–H and O–H groups in total. The molecule has 0 aliphatic carbocycles. The number of nitrogens with zero attached hydrogens (tertiary/aromatic N) is 1. The Morgan fingerprint density at radius 3 is 2.74 bits per heavy atom. The highest BCUT2D eigenvalue weighted by Crippen LogP contribution is 2.27. The topological polar surface area (TPSA) is 84.3 Å². The van der Waals surface area contributed by atoms with E-state index in [-0.39, 0.29) is 30.2 Å². The number of amides is 1. The predicted molar refractivity (Wildman–Crippen MR) is 69.6 cm³/mol. The molecule has 0 aromatic heterocycles. The second-order valence-corrected chi connectivity index (χ2v) is 4.01. The van der Waals surface area contributed by atoms with E-state index >= 15 is 0 Å². The van der Waals surface area contributed by atoms with Crippen LogP contribution in [0.2, 0.25) is 0 Å². The Balaban J connectivity index is 2.74. The fourth-order valence-electron chi connectivity index (χ4n) is 1.56. The predicted octanol–water partition coefficient (Wildman–Crippen LogP) is 1.98. The Morgan fingerprint density at radius 1 is 1.47 bits per heavy atom. The van der Waals surface area contributed by atoms with E-state index in [1.165, 1.54) is 13.0 Å². The van der Waals surface area contributed by atoms with Crippen molar-refractivity contribution in [1.82, 2.24) is 5.32 Å². The molecule has 19 heavy (non-hydrogen) atoms. The number of nitro groups is 1. The summed E-state index contributed by atoms with van der Waals surface area (Å²) in [4.78, 5) is 21.4. The largest absolute Gasteiger partial charge is 0.379 e. The normalized spacial score (nSPS) is 10.1. The van der Waals surface area contributed by atoms with Crippen LogP contribution >= 0.6 is 0 Å². The molecule has 6 nitrogen and oxygen atoms in total. The van der Waals surface area contributed by atoms with Crippen molar-refractivity contribution >= 4 is 17.3 Å². The maximum atomic E-state index is 13.3. The summed E-state index contributed by atoms with van der Waals surface area (Å²) < 4.78 is 13.3. The molecule has 0 saturated carbocycles. The van der Waals surface area contributed by atoms with E-state index in [4.69, 9.17) is 0 Å². The van der Waals surface area contributed by atoms with Crippen LogP contribution in [-0.2, 0) is 4.79 Å². The summed E-state index contributed by atoms with van der Waals surface area (Å²) in [6.45, 7) is 4.11. The van der Waals surface area contributed by atoms with E-state index in [9.17, 15) is 19.3 Å². The minimum atomic E-state index is -0.656. The third-order valence-electron chi connectivity index (χ3n) is 2.52. The van der Waals surface area contributed by atoms with Crippen molar-refractivity contribution in [3.63, 3.8) is 0 Å². The number of carbonyl (C=O) groups is 1. The number of benzene rings is 1. The molecule has 0 saturated heterocycles. The quantitative estimate of drug-likeness (QED) is 0.611. The van der Waals surface area contributed by atoms with E-state index in [2.05, 4.69) is 10.6 Å². The summed E-state index contributed by atoms with van der Waals surface area (Å²) >= 11 is 0. The second kappa shape index (κ2) is 6.67. The molecule has 0 aliphatic rings. The van der Waals surface area contributed by atoms with Gasteiger partial charge in [0.15, 0.2) is 0 Å². The molecule has 1 aromatic carbocycles. The standard InChI is InChI=1S/C12H16FN3O3/c1-3-14-12(17)4-5-15-10-6-8(2)9(13)7-11(10)16(18)19/h6-7,15H,3-5H2,1-2H3,(H,14,17). The number of carbonyl (C=O) groups excluding carboxylic acids is 1. The highest BCUT2D eigenvalue weighted by atomic mass is 19.1. The van der Waals surface area contributed by atoms with E-state index in [1.54, 1.807) is 6.92 Å². The number of nitro benzene ring substituents is 1. The zero-order valence-electron chi connectivity index (χ0n) is 10.8. The van der Waals surface area contributed by atoms with E-state index < -0.39 is 10.7 Å². The fraction of sp³-hybridized carbons (Fsp3) is 0.417. The van der Waals surface area contributed by atoms with Crippen molar-refractivity contribution in [2.24, 2.45) is 0 Å². The van der Waals surface area contributed by atoms with Crippen molar-refractivity contribution in [3.05, 3.63) is 33.6 Å². The van der Waals surface area contributed by atoms with Crippen molar-refractivity contribution in [3.8, 4) is 0 Å². The van der Waals surface area contributed by atoms with Crippen molar-refractivity contribution in [1.29, 1.82) is 0 Å². The van der Waals surface area contributed by atoms with Crippen molar-refractivity contribution in [2.45, 2.75) is 20.3 Å². The lowest BCUT2D eigenvalue weighted by atomic mass is 10.1. The van der Waals surface area contributed by atoms with Crippen LogP contribution in [0.25, 0.3) is 0 Å². The fourth-order valence-corrected chi connectivity index (χ4v) is 1.56. The molecule has 0 atom stereocenters. The molecule has 0 spiro atoms. The first-order valence-corrected chi connectivity index (χ1v) is 5.90. The van der Waals surface area contributed by atoms with Gasteiger partial charge in [-0.25, -0.2) is 4.39 Å². The first kappa shape index (κ1) is 14.9. The highest BCUT2D eigenvalue weighted by Gasteiger charge is 2.16. The van der Waals surface area contributed by atoms with Crippen molar-refractivity contribution in [2.75, 3.05) is 18.4 Å². The summed E-state index contributed by atoms with van der Waals surface area (Å²) in [7, 11) is 0. The number of nitrogens with one attached hydrogen (secondary N) is 2. The lowest BCUT2D eigenvalue weighted by Gasteiger charge is -2.08.